The van der Waals surface area contributed by atoms with Crippen LogP contribution < -0.4 is 10.1 Å². The van der Waals surface area contributed by atoms with Crippen LogP contribution in [0, 0.1) is 17.5 Å². The van der Waals surface area contributed by atoms with E-state index in [0.29, 0.717) is 5.75 Å². The van der Waals surface area contributed by atoms with E-state index in [4.69, 9.17) is 4.74 Å². The summed E-state index contributed by atoms with van der Waals surface area (Å²) in [4.78, 5) is 0. The lowest BCUT2D eigenvalue weighted by atomic mass is 10.0. The maximum atomic E-state index is 13.3. The van der Waals surface area contributed by atoms with E-state index in [1.807, 2.05) is 19.1 Å². The first kappa shape index (κ1) is 17.3. The van der Waals surface area contributed by atoms with Gasteiger partial charge in [0, 0.05) is 6.04 Å². The topological polar surface area (TPSA) is 41.5 Å². The highest BCUT2D eigenvalue weighted by Gasteiger charge is 2.19. The number of rotatable bonds is 6. The van der Waals surface area contributed by atoms with Crippen LogP contribution in [-0.2, 0) is 0 Å². The summed E-state index contributed by atoms with van der Waals surface area (Å²) in [5.74, 6) is -3.37. The van der Waals surface area contributed by atoms with Gasteiger partial charge in [0.25, 0.3) is 0 Å². The third kappa shape index (κ3) is 4.03. The van der Waals surface area contributed by atoms with Crippen molar-refractivity contribution < 1.29 is 23.0 Å². The Hall–Kier alpha value is -2.05. The third-order valence-electron chi connectivity index (χ3n) is 3.66. The Morgan fingerprint density at radius 3 is 2.09 bits per heavy atom. The van der Waals surface area contributed by atoms with Gasteiger partial charge in [-0.3, -0.25) is 0 Å². The number of benzene rings is 2. The van der Waals surface area contributed by atoms with Crippen molar-refractivity contribution in [1.82, 2.24) is 5.32 Å². The zero-order valence-electron chi connectivity index (χ0n) is 12.8. The van der Waals surface area contributed by atoms with Crippen LogP contribution in [0.15, 0.2) is 36.4 Å². The van der Waals surface area contributed by atoms with Crippen LogP contribution in [0.3, 0.4) is 0 Å². The number of aliphatic hydroxyl groups is 1. The van der Waals surface area contributed by atoms with Gasteiger partial charge < -0.3 is 15.2 Å². The van der Waals surface area contributed by atoms with Gasteiger partial charge in [-0.25, -0.2) is 13.2 Å². The fourth-order valence-corrected chi connectivity index (χ4v) is 2.32. The summed E-state index contributed by atoms with van der Waals surface area (Å²) >= 11 is 0. The molecule has 3 nitrogen and oxygen atoms in total. The third-order valence-corrected chi connectivity index (χ3v) is 3.66. The van der Waals surface area contributed by atoms with Gasteiger partial charge in [0.05, 0.1) is 19.8 Å². The summed E-state index contributed by atoms with van der Waals surface area (Å²) < 4.78 is 44.8. The van der Waals surface area contributed by atoms with Crippen molar-refractivity contribution in [3.63, 3.8) is 0 Å². The quantitative estimate of drug-likeness (QED) is 0.799. The molecule has 0 spiro atoms. The molecule has 0 aliphatic heterocycles. The molecule has 2 atom stereocenters. The standard InChI is InChI=1S/C17H18F3NO2/c1-10(11-3-5-13(23-2)6-4-11)21-16(9-22)12-7-14(18)17(20)15(19)8-12/h3-8,10,16,21-22H,9H2,1-2H3. The molecule has 0 saturated carbocycles. The fraction of sp³-hybridized carbons (Fsp3) is 0.294. The molecule has 0 amide bonds. The van der Waals surface area contributed by atoms with Crippen LogP contribution in [0.2, 0.25) is 0 Å². The number of nitrogens with one attached hydrogen (secondary N) is 1. The van der Waals surface area contributed by atoms with E-state index in [1.54, 1.807) is 19.2 Å². The second-order valence-corrected chi connectivity index (χ2v) is 5.20. The lowest BCUT2D eigenvalue weighted by Gasteiger charge is -2.23. The average Bonchev–Trinajstić information content (AvgIpc) is 2.57. The van der Waals surface area contributed by atoms with Crippen LogP contribution in [-0.4, -0.2) is 18.8 Å². The van der Waals surface area contributed by atoms with Gasteiger partial charge >= 0.3 is 0 Å². The largest absolute Gasteiger partial charge is 0.497 e. The minimum atomic E-state index is -1.52. The first-order chi connectivity index (χ1) is 11.0. The highest BCUT2D eigenvalue weighted by atomic mass is 19.2. The first-order valence-electron chi connectivity index (χ1n) is 7.11. The number of ether oxygens (including phenoxy) is 1. The Kier molecular flexibility index (Phi) is 5.63. The number of hydrogen-bond donors (Lipinski definition) is 2. The average molecular weight is 325 g/mol. The van der Waals surface area contributed by atoms with Crippen molar-refractivity contribution in [3.8, 4) is 5.75 Å². The van der Waals surface area contributed by atoms with E-state index in [9.17, 15) is 18.3 Å². The Balaban J connectivity index is 2.17. The van der Waals surface area contributed by atoms with Gasteiger partial charge in [-0.1, -0.05) is 12.1 Å². The van der Waals surface area contributed by atoms with Crippen molar-refractivity contribution >= 4 is 0 Å². The van der Waals surface area contributed by atoms with Crippen molar-refractivity contribution in [2.24, 2.45) is 0 Å². The van der Waals surface area contributed by atoms with Crippen molar-refractivity contribution in [3.05, 3.63) is 65.0 Å². The van der Waals surface area contributed by atoms with Gasteiger partial charge in [-0.05, 0) is 42.3 Å². The van der Waals surface area contributed by atoms with Crippen molar-refractivity contribution in [2.45, 2.75) is 19.0 Å². The van der Waals surface area contributed by atoms with Crippen LogP contribution in [0.1, 0.15) is 30.1 Å². The van der Waals surface area contributed by atoms with Crippen LogP contribution in [0.25, 0.3) is 0 Å². The van der Waals surface area contributed by atoms with Crippen LogP contribution in [0.5, 0.6) is 5.75 Å². The SMILES string of the molecule is COc1ccc(C(C)NC(CO)c2cc(F)c(F)c(F)c2)cc1. The Bertz CT molecular complexity index is 638. The number of hydrogen-bond acceptors (Lipinski definition) is 3. The Morgan fingerprint density at radius 2 is 1.61 bits per heavy atom. The van der Waals surface area contributed by atoms with E-state index >= 15 is 0 Å². The first-order valence-corrected chi connectivity index (χ1v) is 7.11. The summed E-state index contributed by atoms with van der Waals surface area (Å²) in [7, 11) is 1.57. The molecule has 0 saturated heterocycles. The number of aliphatic hydroxyl groups excluding tert-OH is 1. The fourth-order valence-electron chi connectivity index (χ4n) is 2.32. The van der Waals surface area contributed by atoms with E-state index < -0.39 is 23.5 Å². The normalized spacial score (nSPS) is 13.7. The molecule has 2 unspecified atom stereocenters. The molecule has 0 heterocycles. The van der Waals surface area contributed by atoms with Crippen LogP contribution in [0.4, 0.5) is 13.2 Å². The molecule has 2 rings (SSSR count). The highest BCUT2D eigenvalue weighted by Crippen LogP contribution is 2.23. The number of halogens is 3. The molecule has 0 aliphatic rings. The van der Waals surface area contributed by atoms with Crippen molar-refractivity contribution in [2.75, 3.05) is 13.7 Å². The van der Waals surface area contributed by atoms with Crippen LogP contribution >= 0.6 is 0 Å². The Morgan fingerprint density at radius 1 is 1.04 bits per heavy atom. The zero-order chi connectivity index (χ0) is 17.0. The molecule has 0 radical (unpaired) electrons. The van der Waals surface area contributed by atoms with Gasteiger partial charge in [0.1, 0.15) is 5.75 Å². The number of methoxy groups -OCH3 is 1. The monoisotopic (exact) mass is 325 g/mol. The highest BCUT2D eigenvalue weighted by molar-refractivity contribution is 5.29. The second kappa shape index (κ2) is 7.48. The van der Waals surface area contributed by atoms with E-state index in [1.165, 1.54) is 0 Å². The molecule has 0 bridgehead atoms. The van der Waals surface area contributed by atoms with Gasteiger partial charge in [0.15, 0.2) is 17.5 Å². The lowest BCUT2D eigenvalue weighted by molar-refractivity contribution is 0.234. The molecule has 0 fully saturated rings. The van der Waals surface area contributed by atoms with E-state index in [0.717, 1.165) is 17.7 Å². The summed E-state index contributed by atoms with van der Waals surface area (Å²) in [5.41, 5.74) is 1.05. The second-order valence-electron chi connectivity index (χ2n) is 5.20. The Labute approximate surface area is 132 Å². The molecule has 124 valence electrons. The summed E-state index contributed by atoms with van der Waals surface area (Å²) in [6, 6.07) is 8.11. The summed E-state index contributed by atoms with van der Waals surface area (Å²) in [5, 5.41) is 12.6. The minimum absolute atomic E-state index is 0.143. The molecular formula is C17H18F3NO2. The maximum Gasteiger partial charge on any atom is 0.194 e. The molecule has 23 heavy (non-hydrogen) atoms. The smallest absolute Gasteiger partial charge is 0.194 e. The molecular weight excluding hydrogens is 307 g/mol. The van der Waals surface area contributed by atoms with Crippen molar-refractivity contribution in [1.29, 1.82) is 0 Å². The molecule has 2 aromatic rings. The lowest BCUT2D eigenvalue weighted by Crippen LogP contribution is -2.27. The van der Waals surface area contributed by atoms with E-state index in [2.05, 4.69) is 5.32 Å². The predicted molar refractivity (Wildman–Crippen MR) is 80.7 cm³/mol. The van der Waals surface area contributed by atoms with E-state index in [-0.39, 0.29) is 18.2 Å². The maximum absolute atomic E-state index is 13.3. The zero-order valence-corrected chi connectivity index (χ0v) is 12.8. The summed E-state index contributed by atoms with van der Waals surface area (Å²) in [6.45, 7) is 1.46. The molecule has 2 aromatic carbocycles. The molecule has 6 heteroatoms. The minimum Gasteiger partial charge on any atom is -0.497 e. The molecule has 0 aromatic heterocycles. The summed E-state index contributed by atoms with van der Waals surface area (Å²) in [6.07, 6.45) is 0. The molecule has 0 aliphatic carbocycles. The van der Waals surface area contributed by atoms with Gasteiger partial charge in [-0.2, -0.15) is 0 Å². The predicted octanol–water partition coefficient (Wildman–Crippen LogP) is 3.50. The molecule has 2 N–H and O–H groups in total. The van der Waals surface area contributed by atoms with Gasteiger partial charge in [-0.15, -0.1) is 0 Å². The van der Waals surface area contributed by atoms with Gasteiger partial charge in [0.2, 0.25) is 0 Å².